The predicted molar refractivity (Wildman–Crippen MR) is 102 cm³/mol. The largest absolute Gasteiger partial charge is 0.378 e. The SMILES string of the molecule is CN(C)c1ccc(N=CCCCc2cc[n+](CCCN)cc2)cc1. The topological polar surface area (TPSA) is 45.5 Å². The van der Waals surface area contributed by atoms with Gasteiger partial charge in [0.1, 0.15) is 6.54 Å². The summed E-state index contributed by atoms with van der Waals surface area (Å²) in [6.07, 6.45) is 10.5. The van der Waals surface area contributed by atoms with E-state index in [1.54, 1.807) is 0 Å². The molecule has 0 unspecified atom stereocenters. The number of aryl methyl sites for hydroxylation is 2. The van der Waals surface area contributed by atoms with Crippen LogP contribution < -0.4 is 15.2 Å². The smallest absolute Gasteiger partial charge is 0.169 e. The van der Waals surface area contributed by atoms with Crippen LogP contribution in [0.1, 0.15) is 24.8 Å². The molecule has 0 spiro atoms. The lowest BCUT2D eigenvalue weighted by molar-refractivity contribution is -0.697. The van der Waals surface area contributed by atoms with Crippen LogP contribution in [0.3, 0.4) is 0 Å². The third-order valence-corrected chi connectivity index (χ3v) is 3.99. The Morgan fingerprint density at radius 1 is 1.04 bits per heavy atom. The summed E-state index contributed by atoms with van der Waals surface area (Å²) in [5, 5.41) is 0. The van der Waals surface area contributed by atoms with Crippen LogP contribution in [0.2, 0.25) is 0 Å². The third-order valence-electron chi connectivity index (χ3n) is 3.99. The van der Waals surface area contributed by atoms with Crippen LogP contribution in [0, 0.1) is 0 Å². The highest BCUT2D eigenvalue weighted by Gasteiger charge is 2.00. The van der Waals surface area contributed by atoms with Crippen LogP contribution >= 0.6 is 0 Å². The van der Waals surface area contributed by atoms with Crippen molar-refractivity contribution in [2.24, 2.45) is 10.7 Å². The second-order valence-electron chi connectivity index (χ2n) is 6.20. The molecule has 0 aliphatic heterocycles. The summed E-state index contributed by atoms with van der Waals surface area (Å²) in [6.45, 7) is 1.74. The molecule has 0 saturated heterocycles. The maximum absolute atomic E-state index is 5.54. The zero-order valence-corrected chi connectivity index (χ0v) is 14.9. The minimum Gasteiger partial charge on any atom is -0.378 e. The monoisotopic (exact) mass is 325 g/mol. The Balaban J connectivity index is 1.72. The zero-order chi connectivity index (χ0) is 17.2. The predicted octanol–water partition coefficient (Wildman–Crippen LogP) is 3.11. The van der Waals surface area contributed by atoms with Crippen molar-refractivity contribution in [1.82, 2.24) is 0 Å². The van der Waals surface area contributed by atoms with Gasteiger partial charge in [-0.2, -0.15) is 0 Å². The number of hydrogen-bond donors (Lipinski definition) is 1. The number of unbranched alkanes of at least 4 members (excludes halogenated alkanes) is 1. The second kappa shape index (κ2) is 9.83. The van der Waals surface area contributed by atoms with E-state index in [9.17, 15) is 0 Å². The molecule has 1 aromatic carbocycles. The van der Waals surface area contributed by atoms with Crippen LogP contribution in [-0.4, -0.2) is 26.9 Å². The van der Waals surface area contributed by atoms with Crippen LogP contribution in [0.5, 0.6) is 0 Å². The highest BCUT2D eigenvalue weighted by atomic mass is 15.1. The molecule has 0 fully saturated rings. The molecule has 4 nitrogen and oxygen atoms in total. The lowest BCUT2D eigenvalue weighted by Gasteiger charge is -2.11. The van der Waals surface area contributed by atoms with E-state index in [1.807, 2.05) is 20.3 Å². The van der Waals surface area contributed by atoms with E-state index in [0.29, 0.717) is 0 Å². The fraction of sp³-hybridized carbons (Fsp3) is 0.400. The molecule has 1 aromatic heterocycles. The van der Waals surface area contributed by atoms with Crippen molar-refractivity contribution in [2.45, 2.75) is 32.2 Å². The van der Waals surface area contributed by atoms with Gasteiger partial charge in [-0.3, -0.25) is 4.99 Å². The molecule has 0 saturated carbocycles. The number of pyridine rings is 1. The summed E-state index contributed by atoms with van der Waals surface area (Å²) in [7, 11) is 4.09. The standard InChI is InChI=1S/C20H29N4/c1-23(2)20-9-7-19(8-10-20)22-14-4-3-6-18-11-16-24(17-12-18)15-5-13-21/h7-12,14,16-17H,3-6,13,15,21H2,1-2H3/q+1. The van der Waals surface area contributed by atoms with Gasteiger partial charge in [0.2, 0.25) is 0 Å². The molecular weight excluding hydrogens is 296 g/mol. The normalized spacial score (nSPS) is 11.1. The Labute approximate surface area is 145 Å². The van der Waals surface area contributed by atoms with E-state index in [2.05, 4.69) is 63.3 Å². The van der Waals surface area contributed by atoms with Gasteiger partial charge in [-0.15, -0.1) is 0 Å². The molecule has 1 heterocycles. The first kappa shape index (κ1) is 18.1. The second-order valence-corrected chi connectivity index (χ2v) is 6.20. The fourth-order valence-corrected chi connectivity index (χ4v) is 2.48. The van der Waals surface area contributed by atoms with Crippen LogP contribution in [-0.2, 0) is 13.0 Å². The molecule has 0 aliphatic carbocycles. The molecule has 128 valence electrons. The molecule has 24 heavy (non-hydrogen) atoms. The average Bonchev–Trinajstić information content (AvgIpc) is 2.61. The van der Waals surface area contributed by atoms with E-state index in [1.165, 1.54) is 11.3 Å². The van der Waals surface area contributed by atoms with E-state index < -0.39 is 0 Å². The van der Waals surface area contributed by atoms with E-state index >= 15 is 0 Å². The van der Waals surface area contributed by atoms with Crippen molar-refractivity contribution < 1.29 is 4.57 Å². The van der Waals surface area contributed by atoms with Crippen LogP contribution in [0.25, 0.3) is 0 Å². The molecule has 0 amide bonds. The van der Waals surface area contributed by atoms with E-state index in [4.69, 9.17) is 5.73 Å². The number of nitrogens with two attached hydrogens (primary N) is 1. The summed E-state index contributed by atoms with van der Waals surface area (Å²) < 4.78 is 2.19. The molecule has 2 rings (SSSR count). The number of hydrogen-bond acceptors (Lipinski definition) is 3. The van der Waals surface area contributed by atoms with Crippen molar-refractivity contribution in [1.29, 1.82) is 0 Å². The van der Waals surface area contributed by atoms with Gasteiger partial charge in [-0.1, -0.05) is 0 Å². The maximum Gasteiger partial charge on any atom is 0.169 e. The zero-order valence-electron chi connectivity index (χ0n) is 14.9. The lowest BCUT2D eigenvalue weighted by atomic mass is 10.1. The van der Waals surface area contributed by atoms with Crippen LogP contribution in [0.4, 0.5) is 11.4 Å². The number of nitrogens with zero attached hydrogens (tertiary/aromatic N) is 3. The highest BCUT2D eigenvalue weighted by Crippen LogP contribution is 2.17. The van der Waals surface area contributed by atoms with Gasteiger partial charge < -0.3 is 10.6 Å². The van der Waals surface area contributed by atoms with Crippen molar-refractivity contribution in [3.05, 3.63) is 54.4 Å². The molecule has 0 atom stereocenters. The first-order chi connectivity index (χ1) is 11.7. The molecular formula is C20H29N4+. The maximum atomic E-state index is 5.54. The molecule has 0 radical (unpaired) electrons. The van der Waals surface area contributed by atoms with Crippen molar-refractivity contribution in [3.8, 4) is 0 Å². The van der Waals surface area contributed by atoms with Crippen LogP contribution in [0.15, 0.2) is 53.8 Å². The average molecular weight is 325 g/mol. The van der Waals surface area contributed by atoms with Crippen molar-refractivity contribution >= 4 is 17.6 Å². The summed E-state index contributed by atoms with van der Waals surface area (Å²) in [5.41, 5.74) is 9.12. The number of benzene rings is 1. The number of aromatic nitrogens is 1. The van der Waals surface area contributed by atoms with Crippen molar-refractivity contribution in [2.75, 3.05) is 25.5 Å². The Bertz CT molecular complexity index is 615. The van der Waals surface area contributed by atoms with Gasteiger partial charge in [0.05, 0.1) is 5.69 Å². The summed E-state index contributed by atoms with van der Waals surface area (Å²) in [5.74, 6) is 0. The van der Waals surface area contributed by atoms with Crippen molar-refractivity contribution in [3.63, 3.8) is 0 Å². The first-order valence-electron chi connectivity index (χ1n) is 8.67. The highest BCUT2D eigenvalue weighted by molar-refractivity contribution is 5.64. The Morgan fingerprint density at radius 2 is 1.75 bits per heavy atom. The fourth-order valence-electron chi connectivity index (χ4n) is 2.48. The van der Waals surface area contributed by atoms with Gasteiger partial charge in [-0.25, -0.2) is 4.57 Å². The minimum absolute atomic E-state index is 0.742. The van der Waals surface area contributed by atoms with Gasteiger partial charge in [-0.05, 0) is 55.6 Å². The minimum atomic E-state index is 0.742. The molecule has 4 heteroatoms. The molecule has 2 aromatic rings. The van der Waals surface area contributed by atoms with E-state index in [-0.39, 0.29) is 0 Å². The Hall–Kier alpha value is -2.20. The van der Waals surface area contributed by atoms with Gasteiger partial charge >= 0.3 is 0 Å². The summed E-state index contributed by atoms with van der Waals surface area (Å²) >= 11 is 0. The first-order valence-corrected chi connectivity index (χ1v) is 8.67. The number of anilines is 1. The molecule has 0 aliphatic rings. The van der Waals surface area contributed by atoms with Gasteiger partial charge in [0.25, 0.3) is 0 Å². The number of aliphatic imine (C=N–C) groups is 1. The summed E-state index contributed by atoms with van der Waals surface area (Å²) in [4.78, 5) is 6.62. The lowest BCUT2D eigenvalue weighted by Crippen LogP contribution is -2.33. The summed E-state index contributed by atoms with van der Waals surface area (Å²) in [6, 6.07) is 12.7. The Morgan fingerprint density at radius 3 is 2.38 bits per heavy atom. The van der Waals surface area contributed by atoms with Gasteiger partial charge in [0.15, 0.2) is 12.4 Å². The Kier molecular flexibility index (Phi) is 7.43. The third kappa shape index (κ3) is 6.13. The van der Waals surface area contributed by atoms with E-state index in [0.717, 1.165) is 44.5 Å². The molecule has 2 N–H and O–H groups in total. The molecule has 0 bridgehead atoms. The van der Waals surface area contributed by atoms with Gasteiger partial charge in [0, 0.05) is 44.6 Å². The number of rotatable bonds is 9. The quantitative estimate of drug-likeness (QED) is 0.437.